The van der Waals surface area contributed by atoms with Crippen LogP contribution in [-0.2, 0) is 18.3 Å². The van der Waals surface area contributed by atoms with Crippen LogP contribution in [0.3, 0.4) is 0 Å². The van der Waals surface area contributed by atoms with Crippen molar-refractivity contribution in [2.75, 3.05) is 25.3 Å². The maximum absolute atomic E-state index is 12.4. The lowest BCUT2D eigenvalue weighted by atomic mass is 10.5. The Morgan fingerprint density at radius 3 is 2.29 bits per heavy atom. The molecule has 1 heterocycles. The average Bonchev–Trinajstić information content (AvgIpc) is 2.72. The molecule has 10 heteroatoms. The molecule has 0 aliphatic rings. The van der Waals surface area contributed by atoms with Gasteiger partial charge in [0.15, 0.2) is 0 Å². The van der Waals surface area contributed by atoms with Crippen LogP contribution in [0.1, 0.15) is 27.7 Å². The third kappa shape index (κ3) is 7.73. The van der Waals surface area contributed by atoms with Gasteiger partial charge in [-0.15, -0.1) is 4.37 Å². The van der Waals surface area contributed by atoms with Crippen LogP contribution in [0.25, 0.3) is 0 Å². The summed E-state index contributed by atoms with van der Waals surface area (Å²) < 4.78 is 37.5. The van der Waals surface area contributed by atoms with Crippen molar-refractivity contribution in [2.45, 2.75) is 39.9 Å². The zero-order valence-electron chi connectivity index (χ0n) is 12.6. The van der Waals surface area contributed by atoms with Crippen LogP contribution < -0.4 is 10.5 Å². The molecule has 0 amide bonds. The summed E-state index contributed by atoms with van der Waals surface area (Å²) in [4.78, 5) is 3.84. The van der Waals surface area contributed by atoms with Crippen molar-refractivity contribution < 1.29 is 23.1 Å². The van der Waals surface area contributed by atoms with Crippen LogP contribution in [-0.4, -0.2) is 41.1 Å². The van der Waals surface area contributed by atoms with Gasteiger partial charge < -0.3 is 24.3 Å². The van der Waals surface area contributed by atoms with Gasteiger partial charge in [-0.2, -0.15) is 4.98 Å². The number of nitrogen functional groups attached to an aromatic ring is 1. The van der Waals surface area contributed by atoms with Crippen LogP contribution in [0.2, 0.25) is 0 Å². The smallest absolute Gasteiger partial charge is 0.356 e. The summed E-state index contributed by atoms with van der Waals surface area (Å²) >= 11 is 1.05. The van der Waals surface area contributed by atoms with E-state index >= 15 is 0 Å². The van der Waals surface area contributed by atoms with E-state index in [1.165, 1.54) is 0 Å². The fourth-order valence-corrected chi connectivity index (χ4v) is 3.57. The Morgan fingerprint density at radius 2 is 1.81 bits per heavy atom. The predicted octanol–water partition coefficient (Wildman–Crippen LogP) is 2.52. The maximum Gasteiger partial charge on any atom is 0.356 e. The molecule has 21 heavy (non-hydrogen) atoms. The minimum Gasteiger partial charge on any atom is -0.460 e. The second-order valence-corrected chi connectivity index (χ2v) is 7.41. The van der Waals surface area contributed by atoms with E-state index in [2.05, 4.69) is 9.36 Å². The SMILES string of the molecule is CC(C)OP(=O)(COCCOc1nsc(N)n1)OC(C)C. The Labute approximate surface area is 128 Å². The molecule has 0 spiro atoms. The third-order valence-electron chi connectivity index (χ3n) is 1.87. The molecule has 0 aliphatic heterocycles. The summed E-state index contributed by atoms with van der Waals surface area (Å²) in [5, 5.41) is 0.339. The number of anilines is 1. The van der Waals surface area contributed by atoms with E-state index in [1.54, 1.807) is 27.7 Å². The summed E-state index contributed by atoms with van der Waals surface area (Å²) in [6, 6.07) is 0.209. The second-order valence-electron chi connectivity index (χ2n) is 4.72. The Kier molecular flexibility index (Phi) is 7.55. The van der Waals surface area contributed by atoms with E-state index in [4.69, 9.17) is 24.3 Å². The topological polar surface area (TPSA) is 106 Å². The van der Waals surface area contributed by atoms with Crippen LogP contribution >= 0.6 is 19.1 Å². The molecule has 0 atom stereocenters. The zero-order valence-corrected chi connectivity index (χ0v) is 14.4. The predicted molar refractivity (Wildman–Crippen MR) is 80.7 cm³/mol. The Hall–Kier alpha value is -0.730. The van der Waals surface area contributed by atoms with Crippen molar-refractivity contribution in [3.8, 4) is 6.01 Å². The van der Waals surface area contributed by atoms with Gasteiger partial charge in [0.25, 0.3) is 0 Å². The van der Waals surface area contributed by atoms with Crippen molar-refractivity contribution in [3.05, 3.63) is 0 Å². The first kappa shape index (κ1) is 18.3. The molecule has 0 saturated heterocycles. The Balaban J connectivity index is 2.31. The minimum atomic E-state index is -3.27. The van der Waals surface area contributed by atoms with Gasteiger partial charge in [-0.1, -0.05) is 0 Å². The highest BCUT2D eigenvalue weighted by Crippen LogP contribution is 2.50. The Morgan fingerprint density at radius 1 is 1.19 bits per heavy atom. The summed E-state index contributed by atoms with van der Waals surface area (Å²) in [6.07, 6.45) is -0.549. The molecule has 0 unspecified atom stereocenters. The monoisotopic (exact) mass is 339 g/mol. The standard InChI is InChI=1S/C11H22N3O5PS/c1-8(2)18-20(15,19-9(3)4)7-16-5-6-17-11-13-10(12)21-14-11/h8-9H,5-7H2,1-4H3,(H2,12,13,14). The molecule has 8 nitrogen and oxygen atoms in total. The van der Waals surface area contributed by atoms with E-state index in [1.807, 2.05) is 0 Å². The first-order chi connectivity index (χ1) is 9.81. The number of ether oxygens (including phenoxy) is 2. The summed E-state index contributed by atoms with van der Waals surface area (Å²) in [7, 11) is -3.27. The molecule has 0 aliphatic carbocycles. The first-order valence-electron chi connectivity index (χ1n) is 6.56. The molecular formula is C11H22N3O5PS. The van der Waals surface area contributed by atoms with Gasteiger partial charge in [0.1, 0.15) is 13.0 Å². The molecule has 1 aromatic rings. The zero-order chi connectivity index (χ0) is 15.9. The fourth-order valence-electron chi connectivity index (χ4n) is 1.38. The van der Waals surface area contributed by atoms with Crippen molar-refractivity contribution in [2.24, 2.45) is 0 Å². The molecule has 0 bridgehead atoms. The van der Waals surface area contributed by atoms with Gasteiger partial charge in [-0.05, 0) is 27.7 Å². The molecule has 1 aromatic heterocycles. The van der Waals surface area contributed by atoms with E-state index in [9.17, 15) is 4.57 Å². The van der Waals surface area contributed by atoms with Crippen LogP contribution in [0.15, 0.2) is 0 Å². The van der Waals surface area contributed by atoms with Crippen LogP contribution in [0.4, 0.5) is 5.13 Å². The van der Waals surface area contributed by atoms with Crippen LogP contribution in [0, 0.1) is 0 Å². The van der Waals surface area contributed by atoms with Gasteiger partial charge in [0.05, 0.1) is 18.8 Å². The van der Waals surface area contributed by atoms with Crippen molar-refractivity contribution in [3.63, 3.8) is 0 Å². The number of aromatic nitrogens is 2. The lowest BCUT2D eigenvalue weighted by molar-refractivity contribution is 0.0838. The summed E-state index contributed by atoms with van der Waals surface area (Å²) in [6.45, 7) is 7.59. The van der Waals surface area contributed by atoms with E-state index in [-0.39, 0.29) is 37.8 Å². The first-order valence-corrected chi connectivity index (χ1v) is 9.06. The largest absolute Gasteiger partial charge is 0.460 e. The molecule has 0 aromatic carbocycles. The highest BCUT2D eigenvalue weighted by atomic mass is 32.1. The number of nitrogens with two attached hydrogens (primary N) is 1. The normalized spacial score (nSPS) is 12.3. The molecule has 2 N–H and O–H groups in total. The molecule has 0 fully saturated rings. The lowest BCUT2D eigenvalue weighted by Gasteiger charge is -2.22. The molecule has 0 radical (unpaired) electrons. The highest BCUT2D eigenvalue weighted by molar-refractivity contribution is 7.53. The Bertz CT molecular complexity index is 454. The lowest BCUT2D eigenvalue weighted by Crippen LogP contribution is -2.14. The molecular weight excluding hydrogens is 317 g/mol. The van der Waals surface area contributed by atoms with Gasteiger partial charge in [-0.25, -0.2) is 0 Å². The van der Waals surface area contributed by atoms with E-state index < -0.39 is 7.60 Å². The van der Waals surface area contributed by atoms with Gasteiger partial charge >= 0.3 is 13.6 Å². The average molecular weight is 339 g/mol. The summed E-state index contributed by atoms with van der Waals surface area (Å²) in [5.41, 5.74) is 5.42. The third-order valence-corrected chi connectivity index (χ3v) is 4.38. The maximum atomic E-state index is 12.4. The van der Waals surface area contributed by atoms with E-state index in [0.717, 1.165) is 11.5 Å². The highest BCUT2D eigenvalue weighted by Gasteiger charge is 2.28. The van der Waals surface area contributed by atoms with Crippen molar-refractivity contribution in [1.82, 2.24) is 9.36 Å². The van der Waals surface area contributed by atoms with Crippen LogP contribution in [0.5, 0.6) is 6.01 Å². The quantitative estimate of drug-likeness (QED) is 0.512. The second kappa shape index (κ2) is 8.65. The van der Waals surface area contributed by atoms with Gasteiger partial charge in [0.2, 0.25) is 5.13 Å². The number of hydrogen-bond donors (Lipinski definition) is 1. The van der Waals surface area contributed by atoms with Crippen molar-refractivity contribution >= 4 is 24.3 Å². The van der Waals surface area contributed by atoms with E-state index in [0.29, 0.717) is 5.13 Å². The van der Waals surface area contributed by atoms with Gasteiger partial charge in [-0.3, -0.25) is 4.57 Å². The minimum absolute atomic E-state index is 0.126. The number of rotatable bonds is 10. The van der Waals surface area contributed by atoms with Gasteiger partial charge in [0, 0.05) is 11.5 Å². The number of hydrogen-bond acceptors (Lipinski definition) is 9. The fraction of sp³-hybridized carbons (Fsp3) is 0.818. The molecule has 0 saturated carbocycles. The molecule has 122 valence electrons. The molecule has 1 rings (SSSR count). The van der Waals surface area contributed by atoms with Crippen molar-refractivity contribution in [1.29, 1.82) is 0 Å². The summed E-state index contributed by atoms with van der Waals surface area (Å²) in [5.74, 6) is 0. The number of nitrogens with zero attached hydrogens (tertiary/aromatic N) is 2.